The molecule has 0 fully saturated rings. The summed E-state index contributed by atoms with van der Waals surface area (Å²) >= 11 is 0. The van der Waals surface area contributed by atoms with Gasteiger partial charge in [0.15, 0.2) is 0 Å². The van der Waals surface area contributed by atoms with Crippen LogP contribution >= 0.6 is 0 Å². The van der Waals surface area contributed by atoms with Crippen LogP contribution < -0.4 is 10.6 Å². The van der Waals surface area contributed by atoms with Crippen LogP contribution in [0, 0.1) is 12.8 Å². The molecule has 0 spiro atoms. The van der Waals surface area contributed by atoms with Gasteiger partial charge >= 0.3 is 0 Å². The minimum Gasteiger partial charge on any atom is -0.326 e. The van der Waals surface area contributed by atoms with Gasteiger partial charge in [0.25, 0.3) is 5.91 Å². The molecule has 2 aromatic carbocycles. The molecule has 0 aliphatic rings. The highest BCUT2D eigenvalue weighted by molar-refractivity contribution is 6.04. The second-order valence-electron chi connectivity index (χ2n) is 6.41. The maximum Gasteiger partial charge on any atom is 0.255 e. The Labute approximate surface area is 157 Å². The Morgan fingerprint density at radius 3 is 2.44 bits per heavy atom. The van der Waals surface area contributed by atoms with Crippen molar-refractivity contribution in [2.75, 3.05) is 10.6 Å². The molecule has 0 saturated heterocycles. The molecule has 7 nitrogen and oxygen atoms in total. The molecule has 3 aromatic rings. The van der Waals surface area contributed by atoms with Crippen molar-refractivity contribution in [3.63, 3.8) is 0 Å². The Hall–Kier alpha value is -3.48. The average Bonchev–Trinajstić information content (AvgIpc) is 3.15. The minimum atomic E-state index is -0.280. The molecule has 1 atom stereocenters. The third kappa shape index (κ3) is 5.01. The highest BCUT2D eigenvalue weighted by atomic mass is 16.2. The van der Waals surface area contributed by atoms with Crippen LogP contribution in [0.1, 0.15) is 22.8 Å². The van der Waals surface area contributed by atoms with Gasteiger partial charge in [-0.1, -0.05) is 30.7 Å². The van der Waals surface area contributed by atoms with Crippen LogP contribution in [0.2, 0.25) is 0 Å². The summed E-state index contributed by atoms with van der Waals surface area (Å²) in [6.07, 6.45) is 3.01. The van der Waals surface area contributed by atoms with Gasteiger partial charge in [0.05, 0.1) is 12.5 Å². The van der Waals surface area contributed by atoms with E-state index in [9.17, 15) is 9.59 Å². The summed E-state index contributed by atoms with van der Waals surface area (Å²) < 4.78 is 1.61. The summed E-state index contributed by atoms with van der Waals surface area (Å²) in [5.41, 5.74) is 2.90. The second kappa shape index (κ2) is 8.27. The number of carbonyl (C=O) groups excluding carboxylic acids is 2. The van der Waals surface area contributed by atoms with E-state index in [1.807, 2.05) is 26.0 Å². The van der Waals surface area contributed by atoms with E-state index in [1.54, 1.807) is 47.4 Å². The van der Waals surface area contributed by atoms with Crippen LogP contribution in [0.4, 0.5) is 11.4 Å². The Morgan fingerprint density at radius 1 is 1.07 bits per heavy atom. The molecule has 0 bridgehead atoms. The monoisotopic (exact) mass is 363 g/mol. The van der Waals surface area contributed by atoms with Crippen molar-refractivity contribution < 1.29 is 9.59 Å². The molecule has 3 rings (SSSR count). The quantitative estimate of drug-likeness (QED) is 0.704. The first-order chi connectivity index (χ1) is 13.0. The molecule has 138 valence electrons. The zero-order valence-electron chi connectivity index (χ0n) is 15.2. The van der Waals surface area contributed by atoms with E-state index in [0.717, 1.165) is 5.56 Å². The Kier molecular flexibility index (Phi) is 5.61. The molecule has 0 saturated carbocycles. The molecule has 1 aromatic heterocycles. The molecule has 0 unspecified atom stereocenters. The molecule has 1 heterocycles. The third-order valence-electron chi connectivity index (χ3n) is 4.08. The number of hydrogen-bond donors (Lipinski definition) is 2. The van der Waals surface area contributed by atoms with E-state index in [2.05, 4.69) is 20.7 Å². The number of hydrogen-bond acceptors (Lipinski definition) is 4. The SMILES string of the molecule is Cc1ccc(C(=O)Nc2cccc(NC(=O)[C@H](C)Cn3cncn3)c2)cc1. The predicted octanol–water partition coefficient (Wildman–Crippen LogP) is 3.11. The van der Waals surface area contributed by atoms with Gasteiger partial charge in [0.1, 0.15) is 12.7 Å². The van der Waals surface area contributed by atoms with E-state index in [0.29, 0.717) is 23.5 Å². The van der Waals surface area contributed by atoms with Crippen LogP contribution in [0.3, 0.4) is 0 Å². The molecule has 0 radical (unpaired) electrons. The molecular formula is C20H21N5O2. The van der Waals surface area contributed by atoms with Crippen molar-refractivity contribution in [2.24, 2.45) is 5.92 Å². The molecule has 2 amide bonds. The maximum absolute atomic E-state index is 12.4. The first kappa shape index (κ1) is 18.3. The standard InChI is InChI=1S/C20H21N5O2/c1-14-6-8-16(9-7-14)20(27)24-18-5-3-4-17(10-18)23-19(26)15(2)11-25-13-21-12-22-25/h3-10,12-13,15H,11H2,1-2H3,(H,23,26)(H,24,27)/t15-/m1/s1. The summed E-state index contributed by atoms with van der Waals surface area (Å²) in [6, 6.07) is 14.4. The van der Waals surface area contributed by atoms with Crippen LogP contribution in [-0.4, -0.2) is 26.6 Å². The number of anilines is 2. The lowest BCUT2D eigenvalue weighted by atomic mass is 10.1. The summed E-state index contributed by atoms with van der Waals surface area (Å²) in [7, 11) is 0. The molecule has 0 aliphatic carbocycles. The number of nitrogens with zero attached hydrogens (tertiary/aromatic N) is 3. The van der Waals surface area contributed by atoms with Gasteiger partial charge in [0, 0.05) is 16.9 Å². The second-order valence-corrected chi connectivity index (χ2v) is 6.41. The van der Waals surface area contributed by atoms with Crippen molar-refractivity contribution in [2.45, 2.75) is 20.4 Å². The van der Waals surface area contributed by atoms with Crippen molar-refractivity contribution in [1.82, 2.24) is 14.8 Å². The maximum atomic E-state index is 12.4. The van der Waals surface area contributed by atoms with Crippen LogP contribution in [0.5, 0.6) is 0 Å². The minimum absolute atomic E-state index is 0.132. The van der Waals surface area contributed by atoms with E-state index < -0.39 is 0 Å². The van der Waals surface area contributed by atoms with Gasteiger partial charge in [-0.2, -0.15) is 5.10 Å². The number of aryl methyl sites for hydroxylation is 1. The highest BCUT2D eigenvalue weighted by Gasteiger charge is 2.14. The Bertz CT molecular complexity index is 920. The number of carbonyl (C=O) groups is 2. The van der Waals surface area contributed by atoms with Crippen LogP contribution in [0.15, 0.2) is 61.2 Å². The fourth-order valence-corrected chi connectivity index (χ4v) is 2.54. The summed E-state index contributed by atoms with van der Waals surface area (Å²) in [5, 5.41) is 9.71. The van der Waals surface area contributed by atoms with Gasteiger partial charge in [-0.05, 0) is 37.3 Å². The molecule has 0 aliphatic heterocycles. The Balaban J connectivity index is 1.62. The number of amides is 2. The normalized spacial score (nSPS) is 11.6. The fraction of sp³-hybridized carbons (Fsp3) is 0.200. The molecular weight excluding hydrogens is 342 g/mol. The van der Waals surface area contributed by atoms with E-state index in [4.69, 9.17) is 0 Å². The Morgan fingerprint density at radius 2 is 1.78 bits per heavy atom. The zero-order valence-corrected chi connectivity index (χ0v) is 15.2. The largest absolute Gasteiger partial charge is 0.326 e. The van der Waals surface area contributed by atoms with Crippen LogP contribution in [-0.2, 0) is 11.3 Å². The average molecular weight is 363 g/mol. The summed E-state index contributed by atoms with van der Waals surface area (Å²) in [4.78, 5) is 28.6. The highest BCUT2D eigenvalue weighted by Crippen LogP contribution is 2.17. The molecule has 27 heavy (non-hydrogen) atoms. The number of rotatable bonds is 6. The smallest absolute Gasteiger partial charge is 0.255 e. The fourth-order valence-electron chi connectivity index (χ4n) is 2.54. The van der Waals surface area contributed by atoms with Gasteiger partial charge < -0.3 is 10.6 Å². The number of aromatic nitrogens is 3. The lowest BCUT2D eigenvalue weighted by Gasteiger charge is -2.13. The van der Waals surface area contributed by atoms with Gasteiger partial charge in [-0.15, -0.1) is 0 Å². The van der Waals surface area contributed by atoms with Gasteiger partial charge in [0.2, 0.25) is 5.91 Å². The summed E-state index contributed by atoms with van der Waals surface area (Å²) in [5.74, 6) is -0.608. The van der Waals surface area contributed by atoms with E-state index >= 15 is 0 Å². The first-order valence-corrected chi connectivity index (χ1v) is 8.62. The summed E-state index contributed by atoms with van der Waals surface area (Å²) in [6.45, 7) is 4.23. The van der Waals surface area contributed by atoms with Gasteiger partial charge in [-0.25, -0.2) is 4.98 Å². The topological polar surface area (TPSA) is 88.9 Å². The van der Waals surface area contributed by atoms with E-state index in [-0.39, 0.29) is 17.7 Å². The van der Waals surface area contributed by atoms with Crippen molar-refractivity contribution in [3.8, 4) is 0 Å². The van der Waals surface area contributed by atoms with Crippen molar-refractivity contribution in [3.05, 3.63) is 72.3 Å². The number of benzene rings is 2. The predicted molar refractivity (Wildman–Crippen MR) is 103 cm³/mol. The molecule has 7 heteroatoms. The lowest BCUT2D eigenvalue weighted by Crippen LogP contribution is -2.24. The number of nitrogens with one attached hydrogen (secondary N) is 2. The van der Waals surface area contributed by atoms with E-state index in [1.165, 1.54) is 6.33 Å². The van der Waals surface area contributed by atoms with Crippen LogP contribution in [0.25, 0.3) is 0 Å². The molecule has 2 N–H and O–H groups in total. The third-order valence-corrected chi connectivity index (χ3v) is 4.08. The van der Waals surface area contributed by atoms with Gasteiger partial charge in [-0.3, -0.25) is 14.3 Å². The van der Waals surface area contributed by atoms with Crippen molar-refractivity contribution in [1.29, 1.82) is 0 Å². The van der Waals surface area contributed by atoms with Crippen molar-refractivity contribution >= 4 is 23.2 Å². The lowest BCUT2D eigenvalue weighted by molar-refractivity contribution is -0.119. The zero-order chi connectivity index (χ0) is 19.2. The first-order valence-electron chi connectivity index (χ1n) is 8.62.